The van der Waals surface area contributed by atoms with Crippen molar-refractivity contribution in [2.45, 2.75) is 31.9 Å². The van der Waals surface area contributed by atoms with Crippen LogP contribution in [-0.2, 0) is 9.53 Å². The van der Waals surface area contributed by atoms with E-state index in [0.29, 0.717) is 12.3 Å². The van der Waals surface area contributed by atoms with Gasteiger partial charge in [-0.25, -0.2) is 0 Å². The SMILES string of the molecule is O=C(O)C1(COCC(F)(F)F)CC2CCC1C2. The van der Waals surface area contributed by atoms with Gasteiger partial charge in [-0.1, -0.05) is 6.42 Å². The normalized spacial score (nSPS) is 36.4. The monoisotopic (exact) mass is 252 g/mol. The van der Waals surface area contributed by atoms with E-state index in [0.717, 1.165) is 19.3 Å². The zero-order valence-electron chi connectivity index (χ0n) is 9.29. The fourth-order valence-corrected chi connectivity index (χ4v) is 3.29. The summed E-state index contributed by atoms with van der Waals surface area (Å²) in [7, 11) is 0. The standard InChI is InChI=1S/C11H15F3O3/c12-11(13,14)6-17-5-10(9(15)16)4-7-1-2-8(10)3-7/h7-8H,1-6H2,(H,15,16). The Bertz CT molecular complexity index is 316. The van der Waals surface area contributed by atoms with Gasteiger partial charge < -0.3 is 9.84 Å². The molecule has 3 nitrogen and oxygen atoms in total. The molecule has 0 spiro atoms. The Hall–Kier alpha value is -0.780. The van der Waals surface area contributed by atoms with Gasteiger partial charge in [0.25, 0.3) is 0 Å². The Morgan fingerprint density at radius 3 is 2.53 bits per heavy atom. The van der Waals surface area contributed by atoms with Crippen LogP contribution in [0.2, 0.25) is 0 Å². The second-order valence-electron chi connectivity index (χ2n) is 5.15. The maximum atomic E-state index is 12.0. The minimum atomic E-state index is -4.39. The van der Waals surface area contributed by atoms with Crippen LogP contribution in [0.1, 0.15) is 25.7 Å². The van der Waals surface area contributed by atoms with Gasteiger partial charge in [0.2, 0.25) is 0 Å². The lowest BCUT2D eigenvalue weighted by molar-refractivity contribution is -0.189. The van der Waals surface area contributed by atoms with Crippen LogP contribution in [0.25, 0.3) is 0 Å². The third-order valence-electron chi connectivity index (χ3n) is 4.03. The third-order valence-corrected chi connectivity index (χ3v) is 4.03. The van der Waals surface area contributed by atoms with Gasteiger partial charge in [-0.3, -0.25) is 4.79 Å². The molecule has 17 heavy (non-hydrogen) atoms. The summed E-state index contributed by atoms with van der Waals surface area (Å²) < 4.78 is 40.5. The second kappa shape index (κ2) is 4.15. The van der Waals surface area contributed by atoms with Crippen LogP contribution in [0.3, 0.4) is 0 Å². The summed E-state index contributed by atoms with van der Waals surface area (Å²) in [4.78, 5) is 11.3. The Labute approximate surface area is 96.9 Å². The van der Waals surface area contributed by atoms with Gasteiger partial charge in [-0.15, -0.1) is 0 Å². The highest BCUT2D eigenvalue weighted by Crippen LogP contribution is 2.56. The number of carboxylic acid groups (broad SMARTS) is 1. The second-order valence-corrected chi connectivity index (χ2v) is 5.15. The molecule has 2 aliphatic rings. The van der Waals surface area contributed by atoms with E-state index in [4.69, 9.17) is 0 Å². The Kier molecular flexibility index (Phi) is 3.10. The van der Waals surface area contributed by atoms with E-state index in [1.54, 1.807) is 0 Å². The van der Waals surface area contributed by atoms with Crippen LogP contribution in [0.15, 0.2) is 0 Å². The van der Waals surface area contributed by atoms with E-state index in [1.165, 1.54) is 0 Å². The van der Waals surface area contributed by atoms with Crippen molar-refractivity contribution in [1.29, 1.82) is 0 Å². The summed E-state index contributed by atoms with van der Waals surface area (Å²) in [6.45, 7) is -1.68. The van der Waals surface area contributed by atoms with E-state index in [2.05, 4.69) is 4.74 Å². The number of rotatable bonds is 4. The molecule has 3 atom stereocenters. The lowest BCUT2D eigenvalue weighted by Crippen LogP contribution is -2.41. The molecule has 0 aromatic heterocycles. The van der Waals surface area contributed by atoms with Gasteiger partial charge in [0.15, 0.2) is 0 Å². The quantitative estimate of drug-likeness (QED) is 0.836. The van der Waals surface area contributed by atoms with Gasteiger partial charge >= 0.3 is 12.1 Å². The molecule has 0 radical (unpaired) electrons. The highest BCUT2D eigenvalue weighted by Gasteiger charge is 2.56. The van der Waals surface area contributed by atoms with Crippen LogP contribution >= 0.6 is 0 Å². The average molecular weight is 252 g/mol. The number of alkyl halides is 3. The third kappa shape index (κ3) is 2.41. The largest absolute Gasteiger partial charge is 0.481 e. The van der Waals surface area contributed by atoms with Gasteiger partial charge in [0, 0.05) is 0 Å². The number of hydrogen-bond acceptors (Lipinski definition) is 2. The van der Waals surface area contributed by atoms with Crippen molar-refractivity contribution in [3.8, 4) is 0 Å². The highest BCUT2D eigenvalue weighted by molar-refractivity contribution is 5.76. The lowest BCUT2D eigenvalue weighted by Gasteiger charge is -2.33. The molecule has 98 valence electrons. The fraction of sp³-hybridized carbons (Fsp3) is 0.909. The van der Waals surface area contributed by atoms with Crippen molar-refractivity contribution in [3.63, 3.8) is 0 Å². The smallest absolute Gasteiger partial charge is 0.411 e. The molecule has 0 saturated heterocycles. The summed E-state index contributed by atoms with van der Waals surface area (Å²) in [5.74, 6) is -0.671. The molecule has 3 unspecified atom stereocenters. The first-order valence-corrected chi connectivity index (χ1v) is 5.71. The average Bonchev–Trinajstić information content (AvgIpc) is 2.75. The van der Waals surface area contributed by atoms with E-state index < -0.39 is 24.2 Å². The molecular formula is C11H15F3O3. The van der Waals surface area contributed by atoms with Crippen molar-refractivity contribution in [3.05, 3.63) is 0 Å². The molecule has 0 aromatic rings. The number of carboxylic acids is 1. The number of carbonyl (C=O) groups is 1. The molecule has 2 aliphatic carbocycles. The highest BCUT2D eigenvalue weighted by atomic mass is 19.4. The maximum absolute atomic E-state index is 12.0. The summed E-state index contributed by atoms with van der Waals surface area (Å²) in [5, 5.41) is 9.25. The zero-order chi connectivity index (χ0) is 12.7. The van der Waals surface area contributed by atoms with Crippen molar-refractivity contribution in [2.24, 2.45) is 17.3 Å². The molecule has 0 heterocycles. The Balaban J connectivity index is 1.97. The summed E-state index contributed by atoms with van der Waals surface area (Å²) in [6.07, 6.45) is -1.31. The molecule has 2 rings (SSSR count). The molecule has 0 aliphatic heterocycles. The van der Waals surface area contributed by atoms with Crippen molar-refractivity contribution < 1.29 is 27.8 Å². The first-order chi connectivity index (χ1) is 7.83. The van der Waals surface area contributed by atoms with Gasteiger partial charge in [-0.05, 0) is 31.1 Å². The zero-order valence-corrected chi connectivity index (χ0v) is 9.29. The number of ether oxygens (including phenoxy) is 1. The molecule has 2 bridgehead atoms. The Morgan fingerprint density at radius 2 is 2.12 bits per heavy atom. The topological polar surface area (TPSA) is 46.5 Å². The summed E-state index contributed by atoms with van der Waals surface area (Å²) >= 11 is 0. The number of halogens is 3. The van der Waals surface area contributed by atoms with E-state index in [1.807, 2.05) is 0 Å². The van der Waals surface area contributed by atoms with Gasteiger partial charge in [-0.2, -0.15) is 13.2 Å². The first-order valence-electron chi connectivity index (χ1n) is 5.71. The van der Waals surface area contributed by atoms with Crippen LogP contribution in [0, 0.1) is 17.3 Å². The van der Waals surface area contributed by atoms with Crippen molar-refractivity contribution >= 4 is 5.97 Å². The molecule has 1 N–H and O–H groups in total. The first kappa shape index (κ1) is 12.7. The van der Waals surface area contributed by atoms with E-state index >= 15 is 0 Å². The lowest BCUT2D eigenvalue weighted by atomic mass is 9.74. The molecule has 0 aromatic carbocycles. The molecule has 2 fully saturated rings. The predicted molar refractivity (Wildman–Crippen MR) is 52.4 cm³/mol. The van der Waals surface area contributed by atoms with E-state index in [9.17, 15) is 23.1 Å². The van der Waals surface area contributed by atoms with Crippen LogP contribution < -0.4 is 0 Å². The molecular weight excluding hydrogens is 237 g/mol. The molecule has 6 heteroatoms. The number of hydrogen-bond donors (Lipinski definition) is 1. The van der Waals surface area contributed by atoms with Crippen molar-refractivity contribution in [1.82, 2.24) is 0 Å². The van der Waals surface area contributed by atoms with Crippen LogP contribution in [-0.4, -0.2) is 30.5 Å². The minimum absolute atomic E-state index is 0.0155. The summed E-state index contributed by atoms with van der Waals surface area (Å²) in [5.41, 5.74) is -1.08. The van der Waals surface area contributed by atoms with Gasteiger partial charge in [0.05, 0.1) is 12.0 Å². The van der Waals surface area contributed by atoms with Crippen molar-refractivity contribution in [2.75, 3.05) is 13.2 Å². The fourth-order valence-electron chi connectivity index (χ4n) is 3.29. The summed E-state index contributed by atoms with van der Waals surface area (Å²) in [6, 6.07) is 0. The van der Waals surface area contributed by atoms with E-state index in [-0.39, 0.29) is 12.5 Å². The number of aliphatic carboxylic acids is 1. The molecule has 0 amide bonds. The minimum Gasteiger partial charge on any atom is -0.481 e. The number of fused-ring (bicyclic) bond motifs is 2. The predicted octanol–water partition coefficient (Wildman–Crippen LogP) is 2.46. The maximum Gasteiger partial charge on any atom is 0.411 e. The van der Waals surface area contributed by atoms with Gasteiger partial charge in [0.1, 0.15) is 6.61 Å². The van der Waals surface area contributed by atoms with Crippen LogP contribution in [0.5, 0.6) is 0 Å². The molecule has 2 saturated carbocycles. The van der Waals surface area contributed by atoms with Crippen LogP contribution in [0.4, 0.5) is 13.2 Å². The Morgan fingerprint density at radius 1 is 1.41 bits per heavy atom.